The van der Waals surface area contributed by atoms with Gasteiger partial charge in [0.15, 0.2) is 5.13 Å². The molecule has 0 aliphatic heterocycles. The standard InChI is InChI=1S/C15H17BrN2OS/c1-3-8-18(14(19)4-2)15-17-13(10-20-15)11-6-5-7-12(16)9-11/h5-7,9-10H,3-4,8H2,1-2H3. The van der Waals surface area contributed by atoms with Crippen LogP contribution >= 0.6 is 27.3 Å². The first kappa shape index (κ1) is 15.2. The minimum absolute atomic E-state index is 0.127. The summed E-state index contributed by atoms with van der Waals surface area (Å²) in [6, 6.07) is 8.03. The van der Waals surface area contributed by atoms with Gasteiger partial charge >= 0.3 is 0 Å². The van der Waals surface area contributed by atoms with Gasteiger partial charge in [-0.1, -0.05) is 41.9 Å². The Hall–Kier alpha value is -1.20. The summed E-state index contributed by atoms with van der Waals surface area (Å²) in [6.45, 7) is 4.67. The highest BCUT2D eigenvalue weighted by Crippen LogP contribution is 2.29. The van der Waals surface area contributed by atoms with Crippen LogP contribution in [0.25, 0.3) is 11.3 Å². The maximum absolute atomic E-state index is 12.0. The summed E-state index contributed by atoms with van der Waals surface area (Å²) >= 11 is 4.99. The number of anilines is 1. The van der Waals surface area contributed by atoms with Crippen LogP contribution in [0.2, 0.25) is 0 Å². The second kappa shape index (κ2) is 6.99. The third kappa shape index (κ3) is 3.46. The highest BCUT2D eigenvalue weighted by molar-refractivity contribution is 9.10. The SMILES string of the molecule is CCCN(C(=O)CC)c1nc(-c2cccc(Br)c2)cs1. The maximum atomic E-state index is 12.0. The molecule has 5 heteroatoms. The van der Waals surface area contributed by atoms with Gasteiger partial charge in [0.05, 0.1) is 5.69 Å². The van der Waals surface area contributed by atoms with Crippen LogP contribution in [0, 0.1) is 0 Å². The van der Waals surface area contributed by atoms with Gasteiger partial charge in [-0.05, 0) is 18.6 Å². The lowest BCUT2D eigenvalue weighted by molar-refractivity contribution is -0.118. The summed E-state index contributed by atoms with van der Waals surface area (Å²) in [4.78, 5) is 18.4. The van der Waals surface area contributed by atoms with Crippen LogP contribution in [0.3, 0.4) is 0 Å². The van der Waals surface area contributed by atoms with Gasteiger partial charge in [-0.25, -0.2) is 4.98 Å². The third-order valence-electron chi connectivity index (χ3n) is 2.89. The predicted molar refractivity (Wildman–Crippen MR) is 88.2 cm³/mol. The number of rotatable bonds is 5. The van der Waals surface area contributed by atoms with E-state index in [-0.39, 0.29) is 5.91 Å². The van der Waals surface area contributed by atoms with Crippen LogP contribution in [0.4, 0.5) is 5.13 Å². The topological polar surface area (TPSA) is 33.2 Å². The van der Waals surface area contributed by atoms with Crippen molar-refractivity contribution in [1.29, 1.82) is 0 Å². The first-order valence-corrected chi connectivity index (χ1v) is 8.34. The van der Waals surface area contributed by atoms with E-state index in [0.29, 0.717) is 6.42 Å². The molecule has 1 aromatic carbocycles. The van der Waals surface area contributed by atoms with E-state index in [2.05, 4.69) is 27.8 Å². The molecule has 0 bridgehead atoms. The first-order valence-electron chi connectivity index (χ1n) is 6.67. The van der Waals surface area contributed by atoms with Gasteiger partial charge < -0.3 is 0 Å². The molecule has 0 aliphatic carbocycles. The lowest BCUT2D eigenvalue weighted by atomic mass is 10.2. The Balaban J connectivity index is 2.29. The van der Waals surface area contributed by atoms with Crippen molar-refractivity contribution in [2.75, 3.05) is 11.4 Å². The largest absolute Gasteiger partial charge is 0.288 e. The average Bonchev–Trinajstić information content (AvgIpc) is 2.93. The minimum atomic E-state index is 0.127. The Bertz CT molecular complexity index is 597. The number of carbonyl (C=O) groups is 1. The lowest BCUT2D eigenvalue weighted by Gasteiger charge is -2.17. The number of carbonyl (C=O) groups excluding carboxylic acids is 1. The molecule has 0 radical (unpaired) electrons. The Morgan fingerprint density at radius 2 is 2.20 bits per heavy atom. The van der Waals surface area contributed by atoms with Gasteiger partial charge in [-0.2, -0.15) is 0 Å². The molecular formula is C15H17BrN2OS. The van der Waals surface area contributed by atoms with E-state index in [1.165, 1.54) is 11.3 Å². The highest BCUT2D eigenvalue weighted by atomic mass is 79.9. The third-order valence-corrected chi connectivity index (χ3v) is 4.25. The van der Waals surface area contributed by atoms with E-state index >= 15 is 0 Å². The summed E-state index contributed by atoms with van der Waals surface area (Å²) in [6.07, 6.45) is 1.43. The van der Waals surface area contributed by atoms with Crippen LogP contribution in [0.5, 0.6) is 0 Å². The zero-order valence-electron chi connectivity index (χ0n) is 11.6. The summed E-state index contributed by atoms with van der Waals surface area (Å²) in [7, 11) is 0. The molecule has 0 saturated heterocycles. The molecule has 0 spiro atoms. The summed E-state index contributed by atoms with van der Waals surface area (Å²) in [5, 5.41) is 2.79. The molecular weight excluding hydrogens is 336 g/mol. The van der Waals surface area contributed by atoms with Crippen LogP contribution in [-0.4, -0.2) is 17.4 Å². The van der Waals surface area contributed by atoms with Crippen LogP contribution < -0.4 is 4.90 Å². The molecule has 20 heavy (non-hydrogen) atoms. The van der Waals surface area contributed by atoms with E-state index in [0.717, 1.165) is 33.8 Å². The molecule has 1 amide bonds. The van der Waals surface area contributed by atoms with E-state index < -0.39 is 0 Å². The van der Waals surface area contributed by atoms with Crippen molar-refractivity contribution in [3.63, 3.8) is 0 Å². The van der Waals surface area contributed by atoms with Crippen molar-refractivity contribution in [1.82, 2.24) is 4.98 Å². The molecule has 0 saturated carbocycles. The normalized spacial score (nSPS) is 10.6. The summed E-state index contributed by atoms with van der Waals surface area (Å²) in [5.41, 5.74) is 1.97. The van der Waals surface area contributed by atoms with Gasteiger partial charge in [0.1, 0.15) is 0 Å². The lowest BCUT2D eigenvalue weighted by Crippen LogP contribution is -2.30. The Kier molecular flexibility index (Phi) is 5.31. The molecule has 0 N–H and O–H groups in total. The number of nitrogens with zero attached hydrogens (tertiary/aromatic N) is 2. The molecule has 1 heterocycles. The zero-order chi connectivity index (χ0) is 14.5. The fourth-order valence-electron chi connectivity index (χ4n) is 1.91. The van der Waals surface area contributed by atoms with E-state index in [1.54, 1.807) is 4.90 Å². The number of benzene rings is 1. The van der Waals surface area contributed by atoms with Crippen molar-refractivity contribution in [2.24, 2.45) is 0 Å². The molecule has 0 unspecified atom stereocenters. The van der Waals surface area contributed by atoms with Crippen LogP contribution in [0.1, 0.15) is 26.7 Å². The van der Waals surface area contributed by atoms with E-state index in [1.807, 2.05) is 36.6 Å². The molecule has 0 atom stereocenters. The van der Waals surface area contributed by atoms with Crippen molar-refractivity contribution in [2.45, 2.75) is 26.7 Å². The van der Waals surface area contributed by atoms with Crippen molar-refractivity contribution in [3.05, 3.63) is 34.1 Å². The second-order valence-corrected chi connectivity index (χ2v) is 6.18. The van der Waals surface area contributed by atoms with Crippen LogP contribution in [0.15, 0.2) is 34.1 Å². The molecule has 0 fully saturated rings. The summed E-state index contributed by atoms with van der Waals surface area (Å²) in [5.74, 6) is 0.127. The van der Waals surface area contributed by atoms with Crippen molar-refractivity contribution < 1.29 is 4.79 Å². The highest BCUT2D eigenvalue weighted by Gasteiger charge is 2.17. The van der Waals surface area contributed by atoms with Gasteiger partial charge in [-0.3, -0.25) is 9.69 Å². The number of aromatic nitrogens is 1. The van der Waals surface area contributed by atoms with Gasteiger partial charge in [-0.15, -0.1) is 11.3 Å². The Morgan fingerprint density at radius 1 is 1.40 bits per heavy atom. The van der Waals surface area contributed by atoms with E-state index in [9.17, 15) is 4.79 Å². The van der Waals surface area contributed by atoms with Crippen LogP contribution in [-0.2, 0) is 4.79 Å². The van der Waals surface area contributed by atoms with Gasteiger partial charge in [0.25, 0.3) is 0 Å². The summed E-state index contributed by atoms with van der Waals surface area (Å²) < 4.78 is 1.03. The van der Waals surface area contributed by atoms with Crippen molar-refractivity contribution >= 4 is 38.3 Å². The fraction of sp³-hybridized carbons (Fsp3) is 0.333. The monoisotopic (exact) mass is 352 g/mol. The second-order valence-electron chi connectivity index (χ2n) is 4.42. The Labute approximate surface area is 131 Å². The van der Waals surface area contributed by atoms with Gasteiger partial charge in [0, 0.05) is 28.4 Å². The van der Waals surface area contributed by atoms with Gasteiger partial charge in [0.2, 0.25) is 5.91 Å². The zero-order valence-corrected chi connectivity index (χ0v) is 14.0. The first-order chi connectivity index (χ1) is 9.65. The number of amides is 1. The maximum Gasteiger partial charge on any atom is 0.228 e. The molecule has 2 rings (SSSR count). The number of hydrogen-bond acceptors (Lipinski definition) is 3. The predicted octanol–water partition coefficient (Wildman–Crippen LogP) is 4.73. The minimum Gasteiger partial charge on any atom is -0.288 e. The molecule has 3 nitrogen and oxygen atoms in total. The quantitative estimate of drug-likeness (QED) is 0.779. The Morgan fingerprint density at radius 3 is 2.85 bits per heavy atom. The molecule has 106 valence electrons. The van der Waals surface area contributed by atoms with Crippen molar-refractivity contribution in [3.8, 4) is 11.3 Å². The number of thiazole rings is 1. The fourth-order valence-corrected chi connectivity index (χ4v) is 3.19. The molecule has 1 aromatic heterocycles. The number of hydrogen-bond donors (Lipinski definition) is 0. The van der Waals surface area contributed by atoms with E-state index in [4.69, 9.17) is 0 Å². The average molecular weight is 353 g/mol. The smallest absolute Gasteiger partial charge is 0.228 e. The molecule has 2 aromatic rings. The molecule has 0 aliphatic rings. The number of halogens is 1.